The molecule has 0 aliphatic carbocycles. The van der Waals surface area contributed by atoms with Crippen molar-refractivity contribution in [2.24, 2.45) is 0 Å². The van der Waals surface area contributed by atoms with Crippen molar-refractivity contribution in [3.63, 3.8) is 0 Å². The van der Waals surface area contributed by atoms with E-state index in [0.29, 0.717) is 13.1 Å². The number of aromatic nitrogens is 3. The van der Waals surface area contributed by atoms with Gasteiger partial charge in [0.2, 0.25) is 0 Å². The molecule has 5 nitrogen and oxygen atoms in total. The van der Waals surface area contributed by atoms with Crippen LogP contribution < -0.4 is 0 Å². The third-order valence-electron chi connectivity index (χ3n) is 3.39. The van der Waals surface area contributed by atoms with Gasteiger partial charge in [-0.1, -0.05) is 0 Å². The first-order chi connectivity index (χ1) is 10.3. The molecule has 0 aromatic carbocycles. The second-order valence-electron chi connectivity index (χ2n) is 4.93. The van der Waals surface area contributed by atoms with E-state index in [-0.39, 0.29) is 17.5 Å². The van der Waals surface area contributed by atoms with Crippen molar-refractivity contribution < 1.29 is 18.0 Å². The fourth-order valence-electron chi connectivity index (χ4n) is 2.17. The van der Waals surface area contributed by atoms with Gasteiger partial charge in [-0.2, -0.15) is 18.3 Å². The van der Waals surface area contributed by atoms with Gasteiger partial charge in [0.25, 0.3) is 5.91 Å². The Labute approximate surface area is 131 Å². The summed E-state index contributed by atoms with van der Waals surface area (Å²) in [5.74, 6) is -0.330. The summed E-state index contributed by atoms with van der Waals surface area (Å²) in [4.78, 5) is 17.0. The van der Waals surface area contributed by atoms with Crippen molar-refractivity contribution in [1.29, 1.82) is 0 Å². The molecule has 2 aromatic heterocycles. The normalized spacial score (nSPS) is 15.7. The van der Waals surface area contributed by atoms with E-state index in [4.69, 9.17) is 0 Å². The first kappa shape index (κ1) is 15.0. The average molecular weight is 375 g/mol. The minimum atomic E-state index is -4.50. The second-order valence-corrected chi connectivity index (χ2v) is 5.85. The van der Waals surface area contributed by atoms with Crippen LogP contribution in [-0.2, 0) is 6.18 Å². The molecule has 1 saturated heterocycles. The molecule has 1 fully saturated rings. The van der Waals surface area contributed by atoms with Gasteiger partial charge in [-0.25, -0.2) is 0 Å². The topological polar surface area (TPSA) is 51.0 Å². The van der Waals surface area contributed by atoms with Gasteiger partial charge in [0.05, 0.1) is 22.3 Å². The number of likely N-dealkylation sites (tertiary alicyclic amines) is 1. The maximum absolute atomic E-state index is 12.4. The second kappa shape index (κ2) is 5.38. The standard InChI is InChI=1S/C13H10BrF3N4O/c14-9-4-19-21(5-9)10-6-20(7-10)12(22)8-1-2-11(18-3-8)13(15,16)17/h1-5,10H,6-7H2. The van der Waals surface area contributed by atoms with Crippen LogP contribution in [0.3, 0.4) is 0 Å². The van der Waals surface area contributed by atoms with Crippen LogP contribution in [0.4, 0.5) is 13.2 Å². The van der Waals surface area contributed by atoms with Crippen LogP contribution in [0.1, 0.15) is 22.1 Å². The highest BCUT2D eigenvalue weighted by Gasteiger charge is 2.35. The molecule has 0 unspecified atom stereocenters. The molecule has 0 bridgehead atoms. The number of nitrogens with zero attached hydrogens (tertiary/aromatic N) is 4. The lowest BCUT2D eigenvalue weighted by molar-refractivity contribution is -0.141. The number of carbonyl (C=O) groups excluding carboxylic acids is 1. The monoisotopic (exact) mass is 374 g/mol. The molecule has 1 amide bonds. The molecular weight excluding hydrogens is 365 g/mol. The third kappa shape index (κ3) is 2.85. The van der Waals surface area contributed by atoms with E-state index in [1.165, 1.54) is 0 Å². The van der Waals surface area contributed by atoms with Gasteiger partial charge in [0, 0.05) is 25.5 Å². The first-order valence-corrected chi connectivity index (χ1v) is 7.16. The van der Waals surface area contributed by atoms with Gasteiger partial charge in [-0.05, 0) is 28.1 Å². The van der Waals surface area contributed by atoms with Crippen LogP contribution >= 0.6 is 15.9 Å². The molecule has 3 heterocycles. The van der Waals surface area contributed by atoms with Crippen molar-refractivity contribution in [2.75, 3.05) is 13.1 Å². The fourth-order valence-corrected chi connectivity index (χ4v) is 2.47. The van der Waals surface area contributed by atoms with E-state index >= 15 is 0 Å². The first-order valence-electron chi connectivity index (χ1n) is 6.37. The average Bonchev–Trinajstić information content (AvgIpc) is 2.82. The maximum Gasteiger partial charge on any atom is 0.433 e. The number of halogens is 4. The quantitative estimate of drug-likeness (QED) is 0.811. The van der Waals surface area contributed by atoms with E-state index in [0.717, 1.165) is 22.8 Å². The van der Waals surface area contributed by atoms with Crippen molar-refractivity contribution >= 4 is 21.8 Å². The summed E-state index contributed by atoms with van der Waals surface area (Å²) < 4.78 is 39.9. The fraction of sp³-hybridized carbons (Fsp3) is 0.308. The lowest BCUT2D eigenvalue weighted by atomic mass is 10.1. The predicted octanol–water partition coefficient (Wildman–Crippen LogP) is 2.76. The number of hydrogen-bond acceptors (Lipinski definition) is 3. The van der Waals surface area contributed by atoms with E-state index < -0.39 is 11.9 Å². The Bertz CT molecular complexity index is 692. The van der Waals surface area contributed by atoms with Crippen molar-refractivity contribution in [3.05, 3.63) is 46.5 Å². The Morgan fingerprint density at radius 3 is 2.50 bits per heavy atom. The number of amides is 1. The molecule has 0 radical (unpaired) electrons. The Balaban J connectivity index is 1.64. The van der Waals surface area contributed by atoms with Crippen LogP contribution in [0.15, 0.2) is 35.2 Å². The van der Waals surface area contributed by atoms with E-state index in [1.54, 1.807) is 15.8 Å². The Morgan fingerprint density at radius 2 is 2.00 bits per heavy atom. The van der Waals surface area contributed by atoms with Gasteiger partial charge in [-0.3, -0.25) is 14.5 Å². The lowest BCUT2D eigenvalue weighted by Gasteiger charge is -2.39. The largest absolute Gasteiger partial charge is 0.433 e. The highest BCUT2D eigenvalue weighted by atomic mass is 79.9. The summed E-state index contributed by atoms with van der Waals surface area (Å²) in [6.45, 7) is 0.932. The van der Waals surface area contributed by atoms with Crippen molar-refractivity contribution in [3.8, 4) is 0 Å². The molecule has 22 heavy (non-hydrogen) atoms. The SMILES string of the molecule is O=C(c1ccc(C(F)(F)F)nc1)N1CC(n2cc(Br)cn2)C1. The number of alkyl halides is 3. The smallest absolute Gasteiger partial charge is 0.334 e. The molecule has 1 aliphatic heterocycles. The van der Waals surface area contributed by atoms with Crippen LogP contribution in [0.2, 0.25) is 0 Å². The molecule has 0 N–H and O–H groups in total. The number of hydrogen-bond donors (Lipinski definition) is 0. The number of carbonyl (C=O) groups is 1. The zero-order valence-corrected chi connectivity index (χ0v) is 12.7. The molecule has 0 spiro atoms. The van der Waals surface area contributed by atoms with Gasteiger partial charge in [0.1, 0.15) is 5.69 Å². The van der Waals surface area contributed by atoms with E-state index in [1.807, 2.05) is 6.20 Å². The molecule has 9 heteroatoms. The zero-order valence-electron chi connectivity index (χ0n) is 11.1. The summed E-state index contributed by atoms with van der Waals surface area (Å²) in [5, 5.41) is 4.14. The summed E-state index contributed by atoms with van der Waals surface area (Å²) in [5.41, 5.74) is -0.861. The highest BCUT2D eigenvalue weighted by molar-refractivity contribution is 9.10. The zero-order chi connectivity index (χ0) is 15.9. The van der Waals surface area contributed by atoms with Crippen LogP contribution in [-0.4, -0.2) is 38.7 Å². The Hall–Kier alpha value is -1.90. The minimum Gasteiger partial charge on any atom is -0.334 e. The highest BCUT2D eigenvalue weighted by Crippen LogP contribution is 2.28. The molecule has 116 valence electrons. The van der Waals surface area contributed by atoms with Crippen LogP contribution in [0.25, 0.3) is 0 Å². The summed E-state index contributed by atoms with van der Waals surface area (Å²) in [7, 11) is 0. The molecule has 2 aromatic rings. The van der Waals surface area contributed by atoms with E-state index in [9.17, 15) is 18.0 Å². The molecule has 1 aliphatic rings. The number of pyridine rings is 1. The van der Waals surface area contributed by atoms with Gasteiger partial charge >= 0.3 is 6.18 Å². The van der Waals surface area contributed by atoms with Gasteiger partial charge in [-0.15, -0.1) is 0 Å². The van der Waals surface area contributed by atoms with Crippen LogP contribution in [0.5, 0.6) is 0 Å². The molecular formula is C13H10BrF3N4O. The lowest BCUT2D eigenvalue weighted by Crippen LogP contribution is -2.50. The summed E-state index contributed by atoms with van der Waals surface area (Å²) >= 11 is 3.29. The maximum atomic E-state index is 12.4. The Kier molecular flexibility index (Phi) is 3.67. The van der Waals surface area contributed by atoms with Gasteiger partial charge < -0.3 is 4.90 Å². The molecule has 3 rings (SSSR count). The van der Waals surface area contributed by atoms with Crippen molar-refractivity contribution in [2.45, 2.75) is 12.2 Å². The van der Waals surface area contributed by atoms with Crippen LogP contribution in [0, 0.1) is 0 Å². The molecule has 0 saturated carbocycles. The van der Waals surface area contributed by atoms with Gasteiger partial charge in [0.15, 0.2) is 0 Å². The Morgan fingerprint density at radius 1 is 1.27 bits per heavy atom. The van der Waals surface area contributed by atoms with Crippen molar-refractivity contribution in [1.82, 2.24) is 19.7 Å². The summed E-state index contributed by atoms with van der Waals surface area (Å²) in [6, 6.07) is 2.04. The number of rotatable bonds is 2. The minimum absolute atomic E-state index is 0.0812. The predicted molar refractivity (Wildman–Crippen MR) is 74.1 cm³/mol. The third-order valence-corrected chi connectivity index (χ3v) is 3.80. The summed E-state index contributed by atoms with van der Waals surface area (Å²) in [6.07, 6.45) is -0.0731. The molecule has 0 atom stereocenters. The van der Waals surface area contributed by atoms with E-state index in [2.05, 4.69) is 26.0 Å².